The Labute approximate surface area is 174 Å². The third kappa shape index (κ3) is 8.21. The number of nitrogens with zero attached hydrogens (tertiary/aromatic N) is 1. The Kier molecular flexibility index (Phi) is 10.9. The summed E-state index contributed by atoms with van der Waals surface area (Å²) in [5, 5.41) is 17.7. The lowest BCUT2D eigenvalue weighted by molar-refractivity contribution is -0.117. The van der Waals surface area contributed by atoms with Crippen LogP contribution in [0.25, 0.3) is 0 Å². The van der Waals surface area contributed by atoms with Crippen molar-refractivity contribution in [2.75, 3.05) is 38.8 Å². The molecule has 0 radical (unpaired) electrons. The predicted octanol–water partition coefficient (Wildman–Crippen LogP) is 2.12. The number of aliphatic hydroxyl groups excluding tert-OH is 1. The van der Waals surface area contributed by atoms with Gasteiger partial charge in [-0.25, -0.2) is 0 Å². The highest BCUT2D eigenvalue weighted by atomic mass is 79.9. The van der Waals surface area contributed by atoms with Gasteiger partial charge in [0.15, 0.2) is 0 Å². The fourth-order valence-electron chi connectivity index (χ4n) is 1.85. The van der Waals surface area contributed by atoms with Crippen LogP contribution in [0.5, 0.6) is 0 Å². The molecule has 0 unspecified atom stereocenters. The van der Waals surface area contributed by atoms with E-state index in [1.54, 1.807) is 31.2 Å². The fourth-order valence-corrected chi connectivity index (χ4v) is 2.45. The molecule has 10 heteroatoms. The van der Waals surface area contributed by atoms with Crippen LogP contribution < -0.4 is 10.6 Å². The quantitative estimate of drug-likeness (QED) is 0.195. The van der Waals surface area contributed by atoms with Gasteiger partial charge in [-0.2, -0.15) is 0 Å². The highest BCUT2D eigenvalue weighted by Crippen LogP contribution is 2.21. The molecule has 1 aromatic carbocycles. The van der Waals surface area contributed by atoms with Gasteiger partial charge in [0.05, 0.1) is 25.5 Å². The van der Waals surface area contributed by atoms with Gasteiger partial charge in [-0.05, 0) is 56.5 Å². The number of carbonyl (C=O) groups is 2. The summed E-state index contributed by atoms with van der Waals surface area (Å²) in [5.74, 6) is -0.949. The fraction of sp³-hybridized carbons (Fsp3) is 0.353. The van der Waals surface area contributed by atoms with Crippen molar-refractivity contribution in [1.82, 2.24) is 5.32 Å². The van der Waals surface area contributed by atoms with E-state index < -0.39 is 11.8 Å². The Bertz CT molecular complexity index is 705. The summed E-state index contributed by atoms with van der Waals surface area (Å²) in [6.45, 7) is 2.44. The second kappa shape index (κ2) is 12.6. The number of rotatable bonds is 10. The molecular weight excluding hydrogens is 486 g/mol. The summed E-state index contributed by atoms with van der Waals surface area (Å²) in [7, 11) is 1.47. The van der Waals surface area contributed by atoms with Crippen molar-refractivity contribution in [2.24, 2.45) is 5.16 Å². The third-order valence-electron chi connectivity index (χ3n) is 3.15. The normalized spacial score (nSPS) is 12.3. The summed E-state index contributed by atoms with van der Waals surface area (Å²) in [6, 6.07) is 7.02. The number of halogens is 2. The molecule has 27 heavy (non-hydrogen) atoms. The van der Waals surface area contributed by atoms with Crippen LogP contribution in [0.4, 0.5) is 5.69 Å². The van der Waals surface area contributed by atoms with Crippen molar-refractivity contribution in [1.29, 1.82) is 0 Å². The molecule has 0 fully saturated rings. The first-order valence-corrected chi connectivity index (χ1v) is 9.51. The molecule has 0 aliphatic rings. The monoisotopic (exact) mass is 505 g/mol. The summed E-state index contributed by atoms with van der Waals surface area (Å²) >= 11 is 6.22. The molecular formula is C17H21Br2N3O5. The first-order valence-electron chi connectivity index (χ1n) is 7.92. The van der Waals surface area contributed by atoms with E-state index in [1.165, 1.54) is 7.11 Å². The van der Waals surface area contributed by atoms with E-state index in [-0.39, 0.29) is 35.3 Å². The average molecular weight is 507 g/mol. The molecule has 1 rings (SSSR count). The van der Waals surface area contributed by atoms with E-state index in [4.69, 9.17) is 14.7 Å². The number of hydrogen-bond donors (Lipinski definition) is 3. The third-order valence-corrected chi connectivity index (χ3v) is 5.19. The number of benzene rings is 1. The first-order chi connectivity index (χ1) is 12.9. The van der Waals surface area contributed by atoms with Crippen molar-refractivity contribution in [3.8, 4) is 0 Å². The van der Waals surface area contributed by atoms with Gasteiger partial charge in [-0.3, -0.25) is 9.59 Å². The maximum Gasteiger partial charge on any atom is 0.264 e. The molecule has 0 atom stereocenters. The Morgan fingerprint density at radius 1 is 1.11 bits per heavy atom. The molecule has 0 heterocycles. The number of hydrogen-bond acceptors (Lipinski definition) is 6. The van der Waals surface area contributed by atoms with Crippen LogP contribution in [0.2, 0.25) is 0 Å². The molecule has 3 N–H and O–H groups in total. The van der Waals surface area contributed by atoms with Gasteiger partial charge >= 0.3 is 0 Å². The summed E-state index contributed by atoms with van der Waals surface area (Å²) in [4.78, 5) is 29.0. The molecule has 0 aliphatic heterocycles. The minimum Gasteiger partial charge on any atom is -0.399 e. The van der Waals surface area contributed by atoms with E-state index in [0.29, 0.717) is 11.4 Å². The lowest BCUT2D eigenvalue weighted by atomic mass is 10.1. The van der Waals surface area contributed by atoms with Crippen molar-refractivity contribution in [3.05, 3.63) is 38.8 Å². The second-order valence-electron chi connectivity index (χ2n) is 5.11. The first kappa shape index (κ1) is 23.3. The largest absolute Gasteiger partial charge is 0.399 e. The Balaban J connectivity index is 2.65. The van der Waals surface area contributed by atoms with Gasteiger partial charge in [0.2, 0.25) is 0 Å². The van der Waals surface area contributed by atoms with Crippen LogP contribution in [0, 0.1) is 0 Å². The zero-order valence-corrected chi connectivity index (χ0v) is 18.1. The van der Waals surface area contributed by atoms with Crippen molar-refractivity contribution in [2.45, 2.75) is 6.92 Å². The predicted molar refractivity (Wildman–Crippen MR) is 110 cm³/mol. The van der Waals surface area contributed by atoms with Gasteiger partial charge in [0.1, 0.15) is 16.1 Å². The average Bonchev–Trinajstić information content (AvgIpc) is 2.67. The minimum absolute atomic E-state index is 0.0532. The lowest BCUT2D eigenvalue weighted by Crippen LogP contribution is -2.28. The Hall–Kier alpha value is -1.75. The molecule has 148 valence electrons. The number of nitrogens with one attached hydrogen (secondary N) is 2. The molecule has 1 aromatic rings. The molecule has 0 spiro atoms. The number of amides is 2. The number of anilines is 1. The smallest absolute Gasteiger partial charge is 0.264 e. The maximum atomic E-state index is 12.3. The molecule has 0 aromatic heterocycles. The van der Waals surface area contributed by atoms with Gasteiger partial charge in [0.25, 0.3) is 11.8 Å². The zero-order chi connectivity index (χ0) is 20.2. The van der Waals surface area contributed by atoms with Crippen LogP contribution in [0.1, 0.15) is 12.5 Å². The van der Waals surface area contributed by atoms with Crippen LogP contribution in [0.3, 0.4) is 0 Å². The van der Waals surface area contributed by atoms with Gasteiger partial charge < -0.3 is 25.3 Å². The molecule has 2 amide bonds. The highest BCUT2D eigenvalue weighted by molar-refractivity contribution is 9.14. The molecule has 0 aliphatic carbocycles. The van der Waals surface area contributed by atoms with E-state index in [2.05, 4.69) is 47.6 Å². The van der Waals surface area contributed by atoms with Crippen molar-refractivity contribution < 1.29 is 24.3 Å². The molecule has 8 nitrogen and oxygen atoms in total. The van der Waals surface area contributed by atoms with Crippen LogP contribution >= 0.6 is 31.9 Å². The van der Waals surface area contributed by atoms with E-state index >= 15 is 0 Å². The van der Waals surface area contributed by atoms with Gasteiger partial charge in [-0.15, -0.1) is 0 Å². The topological polar surface area (TPSA) is 109 Å². The van der Waals surface area contributed by atoms with E-state index in [9.17, 15) is 9.59 Å². The van der Waals surface area contributed by atoms with E-state index in [1.807, 2.05) is 0 Å². The summed E-state index contributed by atoms with van der Waals surface area (Å²) in [6.07, 6.45) is 0. The minimum atomic E-state index is -0.483. The number of aliphatic hydroxyl groups is 1. The van der Waals surface area contributed by atoms with Crippen molar-refractivity contribution >= 4 is 55.1 Å². The van der Waals surface area contributed by atoms with Crippen LogP contribution in [-0.4, -0.2) is 56.1 Å². The maximum absolute atomic E-state index is 12.3. The van der Waals surface area contributed by atoms with Gasteiger partial charge in [0, 0.05) is 12.2 Å². The van der Waals surface area contributed by atoms with Crippen LogP contribution in [-0.2, 0) is 19.2 Å². The van der Waals surface area contributed by atoms with Gasteiger partial charge in [-0.1, -0.05) is 17.3 Å². The molecule has 0 saturated carbocycles. The summed E-state index contributed by atoms with van der Waals surface area (Å²) in [5.41, 5.74) is 2.12. The second-order valence-corrected chi connectivity index (χ2v) is 6.70. The standard InChI is InChI=1S/C17H21Br2N3O5/c1-11(22-26-2)12-3-5-13(6-4-12)21-17(25)15(19)14(18)16(24)20-7-9-27-10-8-23/h3-6,23H,7-10H2,1-2H3,(H,20,24)(H,21,25)/b15-14-,22-11+. The zero-order valence-electron chi connectivity index (χ0n) is 14.9. The number of carbonyl (C=O) groups excluding carboxylic acids is 2. The SMILES string of the molecule is CO/N=C(\C)c1ccc(NC(=O)/C(Br)=C(/Br)C(=O)NCCOCCO)cc1. The number of ether oxygens (including phenoxy) is 1. The highest BCUT2D eigenvalue weighted by Gasteiger charge is 2.17. The number of oxime groups is 1. The Morgan fingerprint density at radius 2 is 1.74 bits per heavy atom. The van der Waals surface area contributed by atoms with Crippen LogP contribution in [0.15, 0.2) is 38.4 Å². The molecule has 0 bridgehead atoms. The lowest BCUT2D eigenvalue weighted by Gasteiger charge is -2.09. The Morgan fingerprint density at radius 3 is 2.33 bits per heavy atom. The van der Waals surface area contributed by atoms with E-state index in [0.717, 1.165) is 5.56 Å². The molecule has 0 saturated heterocycles. The van der Waals surface area contributed by atoms with Crippen molar-refractivity contribution in [3.63, 3.8) is 0 Å². The summed E-state index contributed by atoms with van der Waals surface area (Å²) < 4.78 is 5.15.